The molecule has 0 atom stereocenters. The molecule has 9 heteroatoms. The molecule has 0 bridgehead atoms. The van der Waals surface area contributed by atoms with E-state index in [1.165, 1.54) is 18.1 Å². The Morgan fingerprint density at radius 1 is 1.43 bits per heavy atom. The van der Waals surface area contributed by atoms with Crippen LogP contribution < -0.4 is 5.32 Å². The number of nitrogens with one attached hydrogen (secondary N) is 1. The fourth-order valence-electron chi connectivity index (χ4n) is 1.95. The maximum absolute atomic E-state index is 12.2. The summed E-state index contributed by atoms with van der Waals surface area (Å²) in [4.78, 5) is 20.3. The number of aryl methyl sites for hydroxylation is 1. The zero-order valence-electron chi connectivity index (χ0n) is 12.2. The summed E-state index contributed by atoms with van der Waals surface area (Å²) in [5.41, 5.74) is 1.27. The number of anilines is 1. The fourth-order valence-corrected chi connectivity index (χ4v) is 2.85. The molecule has 23 heavy (non-hydrogen) atoms. The summed E-state index contributed by atoms with van der Waals surface area (Å²) in [7, 11) is 1.88. The number of imidazole rings is 1. The Bertz CT molecular complexity index is 817. The van der Waals surface area contributed by atoms with Gasteiger partial charge in [0.25, 0.3) is 0 Å². The van der Waals surface area contributed by atoms with Crippen LogP contribution in [0, 0.1) is 0 Å². The van der Waals surface area contributed by atoms with Crippen molar-refractivity contribution < 1.29 is 4.79 Å². The van der Waals surface area contributed by atoms with Crippen molar-refractivity contribution >= 4 is 35.0 Å². The third-order valence-electron chi connectivity index (χ3n) is 3.01. The second-order valence-electron chi connectivity index (χ2n) is 4.66. The first-order valence-corrected chi connectivity index (χ1v) is 8.04. The van der Waals surface area contributed by atoms with Crippen LogP contribution in [0.5, 0.6) is 0 Å². The molecule has 2 aromatic heterocycles. The minimum atomic E-state index is -0.151. The Hall–Kier alpha value is -2.32. The summed E-state index contributed by atoms with van der Waals surface area (Å²) >= 11 is 7.39. The minimum absolute atomic E-state index is 0.151. The van der Waals surface area contributed by atoms with Crippen LogP contribution in [0.4, 0.5) is 5.69 Å². The van der Waals surface area contributed by atoms with E-state index in [1.807, 2.05) is 17.8 Å². The highest BCUT2D eigenvalue weighted by Crippen LogP contribution is 2.24. The average Bonchev–Trinajstić information content (AvgIpc) is 3.17. The van der Waals surface area contributed by atoms with Crippen LogP contribution in [0.25, 0.3) is 5.69 Å². The molecule has 3 aromatic rings. The van der Waals surface area contributed by atoms with Crippen LogP contribution in [0.3, 0.4) is 0 Å². The zero-order chi connectivity index (χ0) is 16.2. The Kier molecular flexibility index (Phi) is 4.63. The summed E-state index contributed by atoms with van der Waals surface area (Å²) in [6.45, 7) is 0. The molecule has 1 amide bonds. The van der Waals surface area contributed by atoms with E-state index in [9.17, 15) is 4.79 Å². The Morgan fingerprint density at radius 2 is 2.30 bits per heavy atom. The third-order valence-corrected chi connectivity index (χ3v) is 4.30. The van der Waals surface area contributed by atoms with E-state index in [0.29, 0.717) is 16.4 Å². The maximum atomic E-state index is 12.2. The summed E-state index contributed by atoms with van der Waals surface area (Å²) < 4.78 is 3.43. The van der Waals surface area contributed by atoms with Crippen LogP contribution in [0.1, 0.15) is 0 Å². The van der Waals surface area contributed by atoms with Crippen LogP contribution in [-0.4, -0.2) is 36.0 Å². The zero-order valence-corrected chi connectivity index (χ0v) is 13.8. The van der Waals surface area contributed by atoms with Crippen molar-refractivity contribution in [2.75, 3.05) is 11.1 Å². The first-order chi connectivity index (χ1) is 11.1. The molecule has 118 valence electrons. The van der Waals surface area contributed by atoms with Gasteiger partial charge in [0.15, 0.2) is 5.16 Å². The largest absolute Gasteiger partial charge is 0.329 e. The van der Waals surface area contributed by atoms with Crippen molar-refractivity contribution in [1.82, 2.24) is 24.3 Å². The van der Waals surface area contributed by atoms with Crippen LogP contribution in [-0.2, 0) is 11.8 Å². The molecule has 0 radical (unpaired) electrons. The molecule has 1 N–H and O–H groups in total. The summed E-state index contributed by atoms with van der Waals surface area (Å²) in [5, 5.41) is 8.24. The lowest BCUT2D eigenvalue weighted by molar-refractivity contribution is -0.113. The van der Waals surface area contributed by atoms with Crippen molar-refractivity contribution in [2.24, 2.45) is 7.05 Å². The number of carbonyl (C=O) groups excluding carboxylic acids is 1. The number of halogens is 1. The number of hydrogen-bond acceptors (Lipinski definition) is 5. The van der Waals surface area contributed by atoms with Gasteiger partial charge >= 0.3 is 0 Å². The van der Waals surface area contributed by atoms with Gasteiger partial charge in [0.1, 0.15) is 12.7 Å². The van der Waals surface area contributed by atoms with Gasteiger partial charge in [-0.15, -0.1) is 0 Å². The van der Waals surface area contributed by atoms with Gasteiger partial charge in [-0.05, 0) is 18.2 Å². The standard InChI is InChI=1S/C14H13ClN6OS/c1-20-5-4-17-14(20)23-7-13(22)19-11-6-10(15)2-3-12(11)21-9-16-8-18-21/h2-6,8-9H,7H2,1H3,(H,19,22). The lowest BCUT2D eigenvalue weighted by Crippen LogP contribution is -2.16. The van der Waals surface area contributed by atoms with Crippen molar-refractivity contribution in [3.05, 3.63) is 48.3 Å². The molecular weight excluding hydrogens is 336 g/mol. The van der Waals surface area contributed by atoms with Gasteiger partial charge in [-0.1, -0.05) is 23.4 Å². The van der Waals surface area contributed by atoms with E-state index in [1.54, 1.807) is 35.4 Å². The van der Waals surface area contributed by atoms with Gasteiger partial charge in [0.05, 0.1) is 17.1 Å². The first kappa shape index (κ1) is 15.6. The van der Waals surface area contributed by atoms with E-state index in [-0.39, 0.29) is 11.7 Å². The van der Waals surface area contributed by atoms with Gasteiger partial charge < -0.3 is 9.88 Å². The molecular formula is C14H13ClN6OS. The van der Waals surface area contributed by atoms with E-state index in [4.69, 9.17) is 11.6 Å². The number of carbonyl (C=O) groups is 1. The number of rotatable bonds is 5. The van der Waals surface area contributed by atoms with E-state index >= 15 is 0 Å². The molecule has 0 spiro atoms. The molecule has 7 nitrogen and oxygen atoms in total. The van der Waals surface area contributed by atoms with Crippen LogP contribution in [0.2, 0.25) is 5.02 Å². The van der Waals surface area contributed by atoms with E-state index < -0.39 is 0 Å². The lowest BCUT2D eigenvalue weighted by Gasteiger charge is -2.11. The van der Waals surface area contributed by atoms with E-state index in [0.717, 1.165) is 5.16 Å². The molecule has 0 aliphatic rings. The third kappa shape index (κ3) is 3.72. The van der Waals surface area contributed by atoms with Crippen molar-refractivity contribution in [2.45, 2.75) is 5.16 Å². The quantitative estimate of drug-likeness (QED) is 0.716. The highest BCUT2D eigenvalue weighted by atomic mass is 35.5. The van der Waals surface area contributed by atoms with Crippen LogP contribution >= 0.6 is 23.4 Å². The summed E-state index contributed by atoms with van der Waals surface area (Å²) in [6.07, 6.45) is 6.51. The second-order valence-corrected chi connectivity index (χ2v) is 6.04. The number of amides is 1. The highest BCUT2D eigenvalue weighted by molar-refractivity contribution is 7.99. The molecule has 3 rings (SSSR count). The predicted octanol–water partition coefficient (Wildman–Crippen LogP) is 2.38. The first-order valence-electron chi connectivity index (χ1n) is 6.68. The van der Waals surface area contributed by atoms with Gasteiger partial charge in [0.2, 0.25) is 5.91 Å². The number of thioether (sulfide) groups is 1. The number of aromatic nitrogens is 5. The molecule has 0 saturated carbocycles. The molecule has 0 unspecified atom stereocenters. The van der Waals surface area contributed by atoms with Gasteiger partial charge in [0, 0.05) is 24.5 Å². The van der Waals surface area contributed by atoms with Gasteiger partial charge in [-0.25, -0.2) is 14.6 Å². The molecule has 0 fully saturated rings. The fraction of sp³-hybridized carbons (Fsp3) is 0.143. The predicted molar refractivity (Wildman–Crippen MR) is 88.9 cm³/mol. The SMILES string of the molecule is Cn1ccnc1SCC(=O)Nc1cc(Cl)ccc1-n1cncn1. The second kappa shape index (κ2) is 6.84. The maximum Gasteiger partial charge on any atom is 0.234 e. The van der Waals surface area contributed by atoms with E-state index in [2.05, 4.69) is 20.4 Å². The molecule has 0 saturated heterocycles. The molecule has 0 aliphatic carbocycles. The van der Waals surface area contributed by atoms with Crippen molar-refractivity contribution in [3.63, 3.8) is 0 Å². The molecule has 2 heterocycles. The molecule has 0 aliphatic heterocycles. The normalized spacial score (nSPS) is 10.7. The highest BCUT2D eigenvalue weighted by Gasteiger charge is 2.11. The van der Waals surface area contributed by atoms with Gasteiger partial charge in [-0.3, -0.25) is 4.79 Å². The van der Waals surface area contributed by atoms with Gasteiger partial charge in [-0.2, -0.15) is 5.10 Å². The van der Waals surface area contributed by atoms with Crippen molar-refractivity contribution in [3.8, 4) is 5.69 Å². The average molecular weight is 349 g/mol. The smallest absolute Gasteiger partial charge is 0.234 e. The number of benzene rings is 1. The summed E-state index contributed by atoms with van der Waals surface area (Å²) in [5.74, 6) is 0.0929. The number of hydrogen-bond donors (Lipinski definition) is 1. The summed E-state index contributed by atoms with van der Waals surface area (Å²) in [6, 6.07) is 5.19. The number of nitrogens with zero attached hydrogens (tertiary/aromatic N) is 5. The topological polar surface area (TPSA) is 77.6 Å². The molecule has 1 aromatic carbocycles. The lowest BCUT2D eigenvalue weighted by atomic mass is 10.2. The van der Waals surface area contributed by atoms with Crippen LogP contribution in [0.15, 0.2) is 48.4 Å². The minimum Gasteiger partial charge on any atom is -0.329 e. The monoisotopic (exact) mass is 348 g/mol. The Balaban J connectivity index is 1.73. The Labute approximate surface area is 141 Å². The Morgan fingerprint density at radius 3 is 3.00 bits per heavy atom. The van der Waals surface area contributed by atoms with Crippen molar-refractivity contribution in [1.29, 1.82) is 0 Å².